The topological polar surface area (TPSA) is 120 Å². The van der Waals surface area contributed by atoms with E-state index < -0.39 is 76.6 Å². The number of alkyl halides is 3. The summed E-state index contributed by atoms with van der Waals surface area (Å²) in [5.74, 6) is -9.05. The highest BCUT2D eigenvalue weighted by Crippen LogP contribution is 2.31. The molecule has 1 aliphatic heterocycles. The molecule has 0 radical (unpaired) electrons. The summed E-state index contributed by atoms with van der Waals surface area (Å²) in [6.45, 7) is 1.31. The van der Waals surface area contributed by atoms with Crippen molar-refractivity contribution in [3.8, 4) is 0 Å². The Labute approximate surface area is 198 Å². The van der Waals surface area contributed by atoms with Gasteiger partial charge in [0.05, 0.1) is 18.4 Å². The number of likely N-dealkylation sites (tertiary alicyclic amines) is 1. The number of anilines is 1. The molecule has 1 aromatic carbocycles. The molecule has 35 heavy (non-hydrogen) atoms. The van der Waals surface area contributed by atoms with Crippen molar-refractivity contribution in [1.82, 2.24) is 25.6 Å². The predicted molar refractivity (Wildman–Crippen MR) is 107 cm³/mol. The Balaban J connectivity index is 1.68. The number of H-pyrrole nitrogens is 1. The number of nitrogens with zero attached hydrogens (tertiary/aromatic N) is 3. The molecular formula is C19H17ClF6N6O3. The molecule has 2 heterocycles. The lowest BCUT2D eigenvalue weighted by Crippen LogP contribution is -2.47. The number of amides is 3. The molecule has 0 unspecified atom stereocenters. The van der Waals surface area contributed by atoms with Crippen molar-refractivity contribution in [2.45, 2.75) is 38.0 Å². The lowest BCUT2D eigenvalue weighted by molar-refractivity contribution is -0.151. The van der Waals surface area contributed by atoms with E-state index in [1.165, 1.54) is 6.92 Å². The first-order valence-corrected chi connectivity index (χ1v) is 10.4. The predicted octanol–water partition coefficient (Wildman–Crippen LogP) is 2.86. The first-order valence-electron chi connectivity index (χ1n) is 9.98. The summed E-state index contributed by atoms with van der Waals surface area (Å²) in [6.07, 6.45) is -6.28. The molecule has 3 rings (SSSR count). The fourth-order valence-corrected chi connectivity index (χ4v) is 3.90. The van der Waals surface area contributed by atoms with E-state index in [-0.39, 0.29) is 18.7 Å². The third-order valence-electron chi connectivity index (χ3n) is 5.40. The largest absolute Gasteiger partial charge is 0.391 e. The molecule has 1 saturated heterocycles. The average molecular weight is 527 g/mol. The van der Waals surface area contributed by atoms with Gasteiger partial charge in [-0.15, -0.1) is 5.10 Å². The average Bonchev–Trinajstić information content (AvgIpc) is 3.35. The van der Waals surface area contributed by atoms with Crippen molar-refractivity contribution in [3.05, 3.63) is 40.4 Å². The number of hydrogen-bond acceptors (Lipinski definition) is 5. The van der Waals surface area contributed by atoms with Gasteiger partial charge < -0.3 is 15.5 Å². The number of nitrogens with one attached hydrogen (secondary N) is 3. The van der Waals surface area contributed by atoms with Gasteiger partial charge in [0.1, 0.15) is 5.69 Å². The van der Waals surface area contributed by atoms with Crippen LogP contribution >= 0.6 is 11.6 Å². The van der Waals surface area contributed by atoms with Crippen LogP contribution in [0.15, 0.2) is 12.1 Å². The van der Waals surface area contributed by atoms with Gasteiger partial charge in [0, 0.05) is 30.4 Å². The Morgan fingerprint density at radius 2 is 1.83 bits per heavy atom. The molecule has 0 bridgehead atoms. The molecule has 3 amide bonds. The number of carbonyl (C=O) groups is 3. The Kier molecular flexibility index (Phi) is 7.57. The number of carbonyl (C=O) groups excluding carboxylic acids is 3. The van der Waals surface area contributed by atoms with Gasteiger partial charge in [0.2, 0.25) is 5.91 Å². The van der Waals surface area contributed by atoms with Crippen LogP contribution in [0.2, 0.25) is 5.15 Å². The van der Waals surface area contributed by atoms with Crippen LogP contribution in [0, 0.1) is 23.4 Å². The maximum absolute atomic E-state index is 13.4. The third kappa shape index (κ3) is 6.01. The van der Waals surface area contributed by atoms with E-state index in [1.807, 2.05) is 10.5 Å². The van der Waals surface area contributed by atoms with Gasteiger partial charge in [-0.05, 0) is 13.3 Å². The van der Waals surface area contributed by atoms with E-state index in [0.717, 1.165) is 4.90 Å². The molecule has 0 aliphatic carbocycles. The quantitative estimate of drug-likeness (QED) is 0.314. The van der Waals surface area contributed by atoms with Gasteiger partial charge in [-0.3, -0.25) is 14.4 Å². The monoisotopic (exact) mass is 526 g/mol. The molecule has 1 aliphatic rings. The minimum Gasteiger partial charge on any atom is -0.339 e. The fourth-order valence-electron chi connectivity index (χ4n) is 3.69. The molecular weight excluding hydrogens is 510 g/mol. The highest BCUT2D eigenvalue weighted by molar-refractivity contribution is 6.35. The third-order valence-corrected chi connectivity index (χ3v) is 5.68. The number of halogens is 7. The summed E-state index contributed by atoms with van der Waals surface area (Å²) in [4.78, 5) is 38.6. The van der Waals surface area contributed by atoms with Gasteiger partial charge in [-0.25, -0.2) is 13.2 Å². The van der Waals surface area contributed by atoms with E-state index in [4.69, 9.17) is 11.6 Å². The van der Waals surface area contributed by atoms with Crippen molar-refractivity contribution in [3.63, 3.8) is 0 Å². The van der Waals surface area contributed by atoms with E-state index in [9.17, 15) is 40.7 Å². The first kappa shape index (κ1) is 26.2. The number of benzene rings is 1. The van der Waals surface area contributed by atoms with Crippen molar-refractivity contribution in [2.24, 2.45) is 5.92 Å². The second kappa shape index (κ2) is 10.1. The summed E-state index contributed by atoms with van der Waals surface area (Å²) in [5, 5.41) is 12.6. The van der Waals surface area contributed by atoms with Crippen LogP contribution in [-0.4, -0.2) is 56.8 Å². The summed E-state index contributed by atoms with van der Waals surface area (Å²) < 4.78 is 78.8. The SMILES string of the molecule is C[C@H]1[C@H](C(=O)Nc2cc(F)c(F)c(F)c2)CCN1C(=O)C(=O)N[C@@H](CC(F)(F)F)c1n[nH]nc1Cl. The molecule has 3 N–H and O–H groups in total. The normalized spacial score (nSPS) is 18.9. The minimum absolute atomic E-state index is 0.0409. The Morgan fingerprint density at radius 1 is 1.20 bits per heavy atom. The second-order valence-corrected chi connectivity index (χ2v) is 8.08. The van der Waals surface area contributed by atoms with Crippen LogP contribution in [0.25, 0.3) is 0 Å². The van der Waals surface area contributed by atoms with Crippen LogP contribution in [0.1, 0.15) is 31.5 Å². The highest BCUT2D eigenvalue weighted by atomic mass is 35.5. The van der Waals surface area contributed by atoms with Crippen LogP contribution in [0.4, 0.5) is 32.0 Å². The maximum atomic E-state index is 13.4. The van der Waals surface area contributed by atoms with Gasteiger partial charge >= 0.3 is 18.0 Å². The summed E-state index contributed by atoms with van der Waals surface area (Å²) >= 11 is 5.69. The second-order valence-electron chi connectivity index (χ2n) is 7.72. The highest BCUT2D eigenvalue weighted by Gasteiger charge is 2.42. The molecule has 3 atom stereocenters. The van der Waals surface area contributed by atoms with Crippen molar-refractivity contribution < 1.29 is 40.7 Å². The number of hydrogen-bond donors (Lipinski definition) is 3. The Morgan fingerprint density at radius 3 is 2.37 bits per heavy atom. The smallest absolute Gasteiger partial charge is 0.339 e. The van der Waals surface area contributed by atoms with E-state index in [0.29, 0.717) is 12.1 Å². The standard InChI is InChI=1S/C19H17ClF6N6O3/c1-7-9(16(33)27-8-4-10(21)13(23)11(22)5-8)2-3-32(7)18(35)17(34)28-12(6-19(24,25)26)14-15(20)30-31-29-14/h4-5,7,9,12H,2-3,6H2,1H3,(H,27,33)(H,28,34)(H,29,30,31)/t7-,9+,12-/m0/s1. The first-order chi connectivity index (χ1) is 16.3. The van der Waals surface area contributed by atoms with Gasteiger partial charge in [-0.2, -0.15) is 23.5 Å². The molecule has 0 spiro atoms. The van der Waals surface area contributed by atoms with Crippen molar-refractivity contribution >= 4 is 35.0 Å². The van der Waals surface area contributed by atoms with Gasteiger partial charge in [0.15, 0.2) is 22.6 Å². The number of aromatic amines is 1. The fraction of sp³-hybridized carbons (Fsp3) is 0.421. The van der Waals surface area contributed by atoms with Crippen LogP contribution in [0.5, 0.6) is 0 Å². The molecule has 9 nitrogen and oxygen atoms in total. The lowest BCUT2D eigenvalue weighted by Gasteiger charge is -2.25. The van der Waals surface area contributed by atoms with E-state index >= 15 is 0 Å². The lowest BCUT2D eigenvalue weighted by atomic mass is 10.0. The molecule has 16 heteroatoms. The molecule has 0 saturated carbocycles. The van der Waals surface area contributed by atoms with Crippen molar-refractivity contribution in [1.29, 1.82) is 0 Å². The maximum Gasteiger partial charge on any atom is 0.391 e. The zero-order chi connectivity index (χ0) is 26.1. The van der Waals surface area contributed by atoms with Crippen LogP contribution in [0.3, 0.4) is 0 Å². The summed E-state index contributed by atoms with van der Waals surface area (Å²) in [5.41, 5.74) is -0.781. The Hall–Kier alpha value is -3.36. The zero-order valence-corrected chi connectivity index (χ0v) is 18.5. The van der Waals surface area contributed by atoms with Crippen LogP contribution < -0.4 is 10.6 Å². The molecule has 1 aromatic heterocycles. The molecule has 1 fully saturated rings. The molecule has 190 valence electrons. The summed E-state index contributed by atoms with van der Waals surface area (Å²) in [6, 6.07) is -1.57. The summed E-state index contributed by atoms with van der Waals surface area (Å²) in [7, 11) is 0. The van der Waals surface area contributed by atoms with E-state index in [2.05, 4.69) is 15.5 Å². The van der Waals surface area contributed by atoms with Crippen LogP contribution in [-0.2, 0) is 14.4 Å². The van der Waals surface area contributed by atoms with Crippen molar-refractivity contribution in [2.75, 3.05) is 11.9 Å². The Bertz CT molecular complexity index is 1120. The van der Waals surface area contributed by atoms with Gasteiger partial charge in [0.25, 0.3) is 0 Å². The number of aromatic nitrogens is 3. The zero-order valence-electron chi connectivity index (χ0n) is 17.7. The minimum atomic E-state index is -4.74. The van der Waals surface area contributed by atoms with E-state index in [1.54, 1.807) is 0 Å². The number of rotatable bonds is 5. The molecule has 2 aromatic rings. The van der Waals surface area contributed by atoms with Gasteiger partial charge in [-0.1, -0.05) is 11.6 Å².